The van der Waals surface area contributed by atoms with Crippen molar-refractivity contribution in [2.75, 3.05) is 5.32 Å². The largest absolute Gasteiger partial charge is 0.311 e. The molecule has 0 bridgehead atoms. The summed E-state index contributed by atoms with van der Waals surface area (Å²) in [6.07, 6.45) is 6.14. The first-order chi connectivity index (χ1) is 11.1. The van der Waals surface area contributed by atoms with Gasteiger partial charge in [-0.1, -0.05) is 25.0 Å². The molecule has 1 fully saturated rings. The van der Waals surface area contributed by atoms with Gasteiger partial charge >= 0.3 is 0 Å². The summed E-state index contributed by atoms with van der Waals surface area (Å²) in [5, 5.41) is 7.29. The van der Waals surface area contributed by atoms with E-state index in [2.05, 4.69) is 10.4 Å². The van der Waals surface area contributed by atoms with E-state index in [0.717, 1.165) is 37.3 Å². The second-order valence-electron chi connectivity index (χ2n) is 6.28. The first-order valence-corrected chi connectivity index (χ1v) is 7.96. The van der Waals surface area contributed by atoms with Gasteiger partial charge in [0.15, 0.2) is 11.6 Å². The molecule has 2 heterocycles. The van der Waals surface area contributed by atoms with Crippen LogP contribution in [0.1, 0.15) is 55.2 Å². The minimum Gasteiger partial charge on any atom is -0.311 e. The highest BCUT2D eigenvalue weighted by atomic mass is 19.2. The van der Waals surface area contributed by atoms with E-state index in [9.17, 15) is 13.6 Å². The van der Waals surface area contributed by atoms with Crippen molar-refractivity contribution >= 4 is 11.7 Å². The number of amides is 1. The van der Waals surface area contributed by atoms with Crippen LogP contribution in [0.4, 0.5) is 14.6 Å². The molecular weight excluding hydrogens is 300 g/mol. The first-order valence-electron chi connectivity index (χ1n) is 7.96. The van der Waals surface area contributed by atoms with E-state index in [4.69, 9.17) is 0 Å². The molecule has 0 radical (unpaired) electrons. The van der Waals surface area contributed by atoms with Crippen molar-refractivity contribution in [3.8, 4) is 0 Å². The predicted molar refractivity (Wildman–Crippen MR) is 81.2 cm³/mol. The quantitative estimate of drug-likeness (QED) is 0.917. The highest BCUT2D eigenvalue weighted by molar-refractivity contribution is 5.94. The normalized spacial score (nSPS) is 21.3. The Kier molecular flexibility index (Phi) is 3.39. The highest BCUT2D eigenvalue weighted by Gasteiger charge is 2.34. The second-order valence-corrected chi connectivity index (χ2v) is 6.28. The van der Waals surface area contributed by atoms with Gasteiger partial charge in [0.25, 0.3) is 0 Å². The standard InChI is InChI=1S/C17H17F2N3O/c18-14-7-3-6-11(16(14)19)12-8-15(23)21-17-13(12)9-20-22(17)10-4-1-2-5-10/h3,6-7,9-10,12H,1-2,4-5,8H2,(H,21,23)/t12-/m1/s1. The minimum atomic E-state index is -0.891. The van der Waals surface area contributed by atoms with Crippen molar-refractivity contribution in [2.24, 2.45) is 0 Å². The highest BCUT2D eigenvalue weighted by Crippen LogP contribution is 2.41. The van der Waals surface area contributed by atoms with Crippen molar-refractivity contribution in [1.29, 1.82) is 0 Å². The van der Waals surface area contributed by atoms with E-state index in [1.165, 1.54) is 6.07 Å². The number of carbonyl (C=O) groups excluding carboxylic acids is 1. The number of hydrogen-bond donors (Lipinski definition) is 1. The lowest BCUT2D eigenvalue weighted by Crippen LogP contribution is -2.26. The number of aromatic nitrogens is 2. The average Bonchev–Trinajstić information content (AvgIpc) is 3.18. The van der Waals surface area contributed by atoms with Crippen LogP contribution in [0.5, 0.6) is 0 Å². The molecule has 1 N–H and O–H groups in total. The molecule has 1 aliphatic heterocycles. The second kappa shape index (κ2) is 5.44. The summed E-state index contributed by atoms with van der Waals surface area (Å²) in [5.74, 6) is -1.82. The third-order valence-corrected chi connectivity index (χ3v) is 4.87. The maximum absolute atomic E-state index is 14.2. The van der Waals surface area contributed by atoms with E-state index < -0.39 is 17.6 Å². The monoisotopic (exact) mass is 317 g/mol. The topological polar surface area (TPSA) is 46.9 Å². The van der Waals surface area contributed by atoms with Crippen LogP contribution < -0.4 is 5.32 Å². The van der Waals surface area contributed by atoms with Gasteiger partial charge in [0.2, 0.25) is 5.91 Å². The van der Waals surface area contributed by atoms with Crippen LogP contribution in [0.25, 0.3) is 0 Å². The van der Waals surface area contributed by atoms with Gasteiger partial charge in [-0.15, -0.1) is 0 Å². The summed E-state index contributed by atoms with van der Waals surface area (Å²) in [4.78, 5) is 12.1. The fourth-order valence-electron chi connectivity index (χ4n) is 3.73. The zero-order valence-corrected chi connectivity index (χ0v) is 12.6. The van der Waals surface area contributed by atoms with Crippen molar-refractivity contribution in [3.05, 3.63) is 47.2 Å². The van der Waals surface area contributed by atoms with Crippen LogP contribution >= 0.6 is 0 Å². The van der Waals surface area contributed by atoms with E-state index >= 15 is 0 Å². The maximum Gasteiger partial charge on any atom is 0.226 e. The Morgan fingerprint density at radius 1 is 1.17 bits per heavy atom. The number of anilines is 1. The van der Waals surface area contributed by atoms with Gasteiger partial charge in [-0.05, 0) is 24.5 Å². The zero-order valence-electron chi connectivity index (χ0n) is 12.6. The van der Waals surface area contributed by atoms with Crippen LogP contribution in [0.15, 0.2) is 24.4 Å². The average molecular weight is 317 g/mol. The van der Waals surface area contributed by atoms with Crippen molar-refractivity contribution in [1.82, 2.24) is 9.78 Å². The lowest BCUT2D eigenvalue weighted by molar-refractivity contribution is -0.116. The summed E-state index contributed by atoms with van der Waals surface area (Å²) < 4.78 is 29.6. The lowest BCUT2D eigenvalue weighted by atomic mass is 9.87. The molecule has 0 spiro atoms. The summed E-state index contributed by atoms with van der Waals surface area (Å²) in [6.45, 7) is 0. The molecule has 2 aliphatic rings. The van der Waals surface area contributed by atoms with Gasteiger partial charge in [0, 0.05) is 17.9 Å². The molecule has 4 nitrogen and oxygen atoms in total. The summed E-state index contributed by atoms with van der Waals surface area (Å²) in [6, 6.07) is 4.37. The van der Waals surface area contributed by atoms with Gasteiger partial charge in [0.1, 0.15) is 5.82 Å². The Bertz CT molecular complexity index is 765. The molecule has 0 unspecified atom stereocenters. The molecule has 1 amide bonds. The molecule has 120 valence electrons. The SMILES string of the molecule is O=C1C[C@H](c2cccc(F)c2F)c2cnn(C3CCCC3)c2N1. The Balaban J connectivity index is 1.80. The molecule has 1 saturated carbocycles. The third-order valence-electron chi connectivity index (χ3n) is 4.87. The van der Waals surface area contributed by atoms with Gasteiger partial charge in [0.05, 0.1) is 12.2 Å². The fraction of sp³-hybridized carbons (Fsp3) is 0.412. The summed E-state index contributed by atoms with van der Waals surface area (Å²) in [7, 11) is 0. The molecule has 23 heavy (non-hydrogen) atoms. The third kappa shape index (κ3) is 2.33. The summed E-state index contributed by atoms with van der Waals surface area (Å²) >= 11 is 0. The van der Waals surface area contributed by atoms with Crippen LogP contribution in [0.2, 0.25) is 0 Å². The maximum atomic E-state index is 14.2. The molecule has 2 aromatic rings. The Morgan fingerprint density at radius 2 is 1.96 bits per heavy atom. The minimum absolute atomic E-state index is 0.101. The van der Waals surface area contributed by atoms with Crippen molar-refractivity contribution < 1.29 is 13.6 Å². The molecule has 4 rings (SSSR count). The van der Waals surface area contributed by atoms with Gasteiger partial charge in [-0.2, -0.15) is 5.10 Å². The van der Waals surface area contributed by atoms with Gasteiger partial charge < -0.3 is 5.32 Å². The number of fused-ring (bicyclic) bond motifs is 1. The van der Waals surface area contributed by atoms with E-state index in [1.54, 1.807) is 12.3 Å². The van der Waals surface area contributed by atoms with Crippen molar-refractivity contribution in [2.45, 2.75) is 44.1 Å². The van der Waals surface area contributed by atoms with Crippen LogP contribution in [0, 0.1) is 11.6 Å². The zero-order chi connectivity index (χ0) is 16.0. The molecule has 1 aliphatic carbocycles. The number of carbonyl (C=O) groups is 1. The molecule has 6 heteroatoms. The Morgan fingerprint density at radius 3 is 2.74 bits per heavy atom. The predicted octanol–water partition coefficient (Wildman–Crippen LogP) is 3.75. The van der Waals surface area contributed by atoms with Crippen LogP contribution in [-0.2, 0) is 4.79 Å². The van der Waals surface area contributed by atoms with Crippen LogP contribution in [0.3, 0.4) is 0 Å². The number of rotatable bonds is 2. The van der Waals surface area contributed by atoms with Gasteiger partial charge in [-0.3, -0.25) is 4.79 Å². The number of nitrogens with zero attached hydrogens (tertiary/aromatic N) is 2. The molecule has 1 aromatic heterocycles. The lowest BCUT2D eigenvalue weighted by Gasteiger charge is -2.25. The Hall–Kier alpha value is -2.24. The van der Waals surface area contributed by atoms with E-state index in [1.807, 2.05) is 4.68 Å². The smallest absolute Gasteiger partial charge is 0.226 e. The Labute approximate surface area is 132 Å². The van der Waals surface area contributed by atoms with Crippen LogP contribution in [-0.4, -0.2) is 15.7 Å². The van der Waals surface area contributed by atoms with E-state index in [0.29, 0.717) is 5.82 Å². The molecule has 1 aromatic carbocycles. The summed E-state index contributed by atoms with van der Waals surface area (Å²) in [5.41, 5.74) is 0.980. The first kappa shape index (κ1) is 14.4. The number of hydrogen-bond acceptors (Lipinski definition) is 2. The van der Waals surface area contributed by atoms with Gasteiger partial charge in [-0.25, -0.2) is 13.5 Å². The molecule has 0 saturated heterocycles. The van der Waals surface area contributed by atoms with E-state index in [-0.39, 0.29) is 23.9 Å². The van der Waals surface area contributed by atoms with Crippen molar-refractivity contribution in [3.63, 3.8) is 0 Å². The number of nitrogens with one attached hydrogen (secondary N) is 1. The number of benzene rings is 1. The molecule has 1 atom stereocenters. The number of halogens is 2. The fourth-order valence-corrected chi connectivity index (χ4v) is 3.73. The molecular formula is C17H17F2N3O.